The molecule has 0 amide bonds. The molecule has 1 aliphatic heterocycles. The Bertz CT molecular complexity index is 722. The van der Waals surface area contributed by atoms with E-state index in [-0.39, 0.29) is 0 Å². The standard InChI is InChI=1S/C19H23N3/c1-14-11-15(2)17-13-16(7-6-8-20)19(21-18(17)12-14)22-9-4-3-5-10-22/h11-13H,3-7,9-10H2,1-2H3. The van der Waals surface area contributed by atoms with Gasteiger partial charge >= 0.3 is 0 Å². The van der Waals surface area contributed by atoms with Crippen LogP contribution in [0.5, 0.6) is 0 Å². The van der Waals surface area contributed by atoms with Crippen molar-refractivity contribution in [3.63, 3.8) is 0 Å². The molecule has 0 spiro atoms. The molecule has 0 unspecified atom stereocenters. The number of pyridine rings is 1. The minimum Gasteiger partial charge on any atom is -0.356 e. The molecule has 0 N–H and O–H groups in total. The molecule has 0 saturated carbocycles. The van der Waals surface area contributed by atoms with Crippen molar-refractivity contribution in [2.45, 2.75) is 46.0 Å². The van der Waals surface area contributed by atoms with Crippen LogP contribution in [0, 0.1) is 25.2 Å². The van der Waals surface area contributed by atoms with Gasteiger partial charge in [0.1, 0.15) is 5.82 Å². The second kappa shape index (κ2) is 6.36. The summed E-state index contributed by atoms with van der Waals surface area (Å²) in [5.41, 5.74) is 4.83. The van der Waals surface area contributed by atoms with Gasteiger partial charge in [-0.15, -0.1) is 0 Å². The molecule has 1 aromatic heterocycles. The van der Waals surface area contributed by atoms with Gasteiger partial charge in [0.25, 0.3) is 0 Å². The smallest absolute Gasteiger partial charge is 0.132 e. The van der Waals surface area contributed by atoms with Crippen LogP contribution in [-0.4, -0.2) is 18.1 Å². The Hall–Kier alpha value is -2.08. The topological polar surface area (TPSA) is 39.9 Å². The molecule has 2 aromatic rings. The number of rotatable bonds is 3. The van der Waals surface area contributed by atoms with Gasteiger partial charge in [-0.3, -0.25) is 0 Å². The van der Waals surface area contributed by atoms with Gasteiger partial charge in [0.2, 0.25) is 0 Å². The molecule has 3 heteroatoms. The fourth-order valence-electron chi connectivity index (χ4n) is 3.42. The van der Waals surface area contributed by atoms with Gasteiger partial charge in [-0.05, 0) is 68.4 Å². The van der Waals surface area contributed by atoms with Crippen molar-refractivity contribution in [2.24, 2.45) is 0 Å². The summed E-state index contributed by atoms with van der Waals surface area (Å²) in [5.74, 6) is 1.10. The number of piperidine rings is 1. The molecule has 0 radical (unpaired) electrons. The number of hydrogen-bond donors (Lipinski definition) is 0. The lowest BCUT2D eigenvalue weighted by molar-refractivity contribution is 0.572. The van der Waals surface area contributed by atoms with Gasteiger partial charge in [-0.2, -0.15) is 5.26 Å². The molecule has 3 nitrogen and oxygen atoms in total. The van der Waals surface area contributed by atoms with Crippen LogP contribution in [0.2, 0.25) is 0 Å². The van der Waals surface area contributed by atoms with Crippen LogP contribution in [0.4, 0.5) is 5.82 Å². The monoisotopic (exact) mass is 293 g/mol. The van der Waals surface area contributed by atoms with Crippen molar-refractivity contribution in [3.8, 4) is 6.07 Å². The molecule has 114 valence electrons. The molecule has 0 atom stereocenters. The molecule has 22 heavy (non-hydrogen) atoms. The zero-order valence-corrected chi connectivity index (χ0v) is 13.5. The van der Waals surface area contributed by atoms with E-state index in [1.54, 1.807) is 0 Å². The van der Waals surface area contributed by atoms with E-state index in [1.807, 2.05) is 0 Å². The average molecular weight is 293 g/mol. The maximum atomic E-state index is 8.95. The number of aromatic nitrogens is 1. The number of anilines is 1. The first-order valence-electron chi connectivity index (χ1n) is 8.22. The van der Waals surface area contributed by atoms with Crippen molar-refractivity contribution in [2.75, 3.05) is 18.0 Å². The summed E-state index contributed by atoms with van der Waals surface area (Å²) in [6.07, 6.45) is 5.14. The van der Waals surface area contributed by atoms with Crippen LogP contribution in [0.25, 0.3) is 10.9 Å². The number of aryl methyl sites for hydroxylation is 3. The van der Waals surface area contributed by atoms with Gasteiger partial charge in [0, 0.05) is 24.9 Å². The Labute approximate surface area is 132 Å². The van der Waals surface area contributed by atoms with Gasteiger partial charge in [0.05, 0.1) is 11.6 Å². The highest BCUT2D eigenvalue weighted by molar-refractivity contribution is 5.85. The fraction of sp³-hybridized carbons (Fsp3) is 0.474. The zero-order valence-electron chi connectivity index (χ0n) is 13.5. The van der Waals surface area contributed by atoms with Crippen molar-refractivity contribution in [1.82, 2.24) is 4.98 Å². The summed E-state index contributed by atoms with van der Waals surface area (Å²) in [6, 6.07) is 8.91. The molecule has 0 aliphatic carbocycles. The third-order valence-electron chi connectivity index (χ3n) is 4.50. The third-order valence-corrected chi connectivity index (χ3v) is 4.50. The largest absolute Gasteiger partial charge is 0.356 e. The molecule has 1 saturated heterocycles. The summed E-state index contributed by atoms with van der Waals surface area (Å²) >= 11 is 0. The minimum absolute atomic E-state index is 0.554. The summed E-state index contributed by atoms with van der Waals surface area (Å²) in [5, 5.41) is 10.2. The van der Waals surface area contributed by atoms with E-state index >= 15 is 0 Å². The van der Waals surface area contributed by atoms with Crippen LogP contribution >= 0.6 is 0 Å². The van der Waals surface area contributed by atoms with Crippen LogP contribution < -0.4 is 4.90 Å². The second-order valence-electron chi connectivity index (χ2n) is 6.33. The minimum atomic E-state index is 0.554. The molecule has 1 aliphatic rings. The van der Waals surface area contributed by atoms with Crippen molar-refractivity contribution in [1.29, 1.82) is 5.26 Å². The van der Waals surface area contributed by atoms with E-state index in [2.05, 4.69) is 43.0 Å². The van der Waals surface area contributed by atoms with Crippen molar-refractivity contribution >= 4 is 16.7 Å². The van der Waals surface area contributed by atoms with Crippen LogP contribution in [0.1, 0.15) is 42.4 Å². The first-order chi connectivity index (χ1) is 10.7. The van der Waals surface area contributed by atoms with E-state index in [0.717, 1.165) is 30.8 Å². The molecule has 1 aromatic carbocycles. The summed E-state index contributed by atoms with van der Waals surface area (Å²) in [7, 11) is 0. The highest BCUT2D eigenvalue weighted by atomic mass is 15.2. The summed E-state index contributed by atoms with van der Waals surface area (Å²) < 4.78 is 0. The van der Waals surface area contributed by atoms with Gasteiger partial charge in [-0.1, -0.05) is 6.07 Å². The number of nitrogens with zero attached hydrogens (tertiary/aromatic N) is 3. The molecular formula is C19H23N3. The second-order valence-corrected chi connectivity index (χ2v) is 6.33. The predicted octanol–water partition coefficient (Wildman–Crippen LogP) is 4.30. The highest BCUT2D eigenvalue weighted by Crippen LogP contribution is 2.29. The maximum absolute atomic E-state index is 8.95. The van der Waals surface area contributed by atoms with E-state index in [0.29, 0.717) is 6.42 Å². The van der Waals surface area contributed by atoms with Crippen molar-refractivity contribution in [3.05, 3.63) is 34.9 Å². The van der Waals surface area contributed by atoms with Gasteiger partial charge in [0.15, 0.2) is 0 Å². The van der Waals surface area contributed by atoms with E-state index < -0.39 is 0 Å². The summed E-state index contributed by atoms with van der Waals surface area (Å²) in [4.78, 5) is 7.40. The van der Waals surface area contributed by atoms with E-state index in [9.17, 15) is 0 Å². The Morgan fingerprint density at radius 1 is 1.14 bits per heavy atom. The lowest BCUT2D eigenvalue weighted by atomic mass is 10.0. The van der Waals surface area contributed by atoms with Gasteiger partial charge in [-0.25, -0.2) is 4.98 Å². The first-order valence-corrected chi connectivity index (χ1v) is 8.22. The first kappa shape index (κ1) is 14.8. The lowest BCUT2D eigenvalue weighted by Gasteiger charge is -2.30. The lowest BCUT2D eigenvalue weighted by Crippen LogP contribution is -2.31. The molecule has 3 rings (SSSR count). The quantitative estimate of drug-likeness (QED) is 0.847. The predicted molar refractivity (Wildman–Crippen MR) is 91.2 cm³/mol. The maximum Gasteiger partial charge on any atom is 0.132 e. The molecule has 0 bridgehead atoms. The Kier molecular flexibility index (Phi) is 4.29. The third kappa shape index (κ3) is 2.92. The van der Waals surface area contributed by atoms with Crippen molar-refractivity contribution < 1.29 is 0 Å². The molecular weight excluding hydrogens is 270 g/mol. The number of nitriles is 1. The normalized spacial score (nSPS) is 15.0. The molecule has 2 heterocycles. The van der Waals surface area contributed by atoms with Crippen LogP contribution in [-0.2, 0) is 6.42 Å². The Morgan fingerprint density at radius 3 is 2.64 bits per heavy atom. The van der Waals surface area contributed by atoms with Crippen LogP contribution in [0.15, 0.2) is 18.2 Å². The Balaban J connectivity index is 2.12. The average Bonchev–Trinajstić information content (AvgIpc) is 2.53. The van der Waals surface area contributed by atoms with Crippen LogP contribution in [0.3, 0.4) is 0 Å². The number of fused-ring (bicyclic) bond motifs is 1. The SMILES string of the molecule is Cc1cc(C)c2cc(CCC#N)c(N3CCCCC3)nc2c1. The highest BCUT2D eigenvalue weighted by Gasteiger charge is 2.17. The fourth-order valence-corrected chi connectivity index (χ4v) is 3.42. The van der Waals surface area contributed by atoms with Gasteiger partial charge < -0.3 is 4.90 Å². The number of benzene rings is 1. The number of hydrogen-bond acceptors (Lipinski definition) is 3. The van der Waals surface area contributed by atoms with E-state index in [1.165, 1.54) is 41.3 Å². The Morgan fingerprint density at radius 2 is 1.91 bits per heavy atom. The summed E-state index contributed by atoms with van der Waals surface area (Å²) in [6.45, 7) is 6.44. The zero-order chi connectivity index (χ0) is 15.5. The molecule has 1 fully saturated rings. The van der Waals surface area contributed by atoms with E-state index in [4.69, 9.17) is 10.2 Å².